The molecule has 0 aromatic heterocycles. The van der Waals surface area contributed by atoms with Crippen molar-refractivity contribution in [2.24, 2.45) is 0 Å². The average Bonchev–Trinajstić information content (AvgIpc) is 2.84. The number of hydrogen-bond donors (Lipinski definition) is 2. The van der Waals surface area contributed by atoms with E-state index in [0.717, 1.165) is 24.8 Å². The lowest BCUT2D eigenvalue weighted by molar-refractivity contribution is 0.273. The highest BCUT2D eigenvalue weighted by molar-refractivity contribution is 7.91. The quantitative estimate of drug-likeness (QED) is 0.712. The molecule has 1 heterocycles. The summed E-state index contributed by atoms with van der Waals surface area (Å²) < 4.78 is 32.5. The molecule has 2 aromatic rings. The Morgan fingerprint density at radius 3 is 2.52 bits per heavy atom. The van der Waals surface area contributed by atoms with Crippen LogP contribution < -0.4 is 10.1 Å². The molecule has 1 aliphatic heterocycles. The Bertz CT molecular complexity index is 943. The van der Waals surface area contributed by atoms with Gasteiger partial charge < -0.3 is 9.84 Å². The molecular weight excluding hydrogens is 386 g/mol. The third-order valence-electron chi connectivity index (χ3n) is 5.96. The van der Waals surface area contributed by atoms with E-state index in [1.54, 1.807) is 12.1 Å². The van der Waals surface area contributed by atoms with Crippen molar-refractivity contribution in [3.63, 3.8) is 0 Å². The normalized spacial score (nSPS) is 23.2. The molecule has 0 radical (unpaired) electrons. The summed E-state index contributed by atoms with van der Waals surface area (Å²) in [4.78, 5) is 0.288. The van der Waals surface area contributed by atoms with Gasteiger partial charge in [0.2, 0.25) is 0 Å². The summed E-state index contributed by atoms with van der Waals surface area (Å²) in [7, 11) is -2.02. The zero-order valence-corrected chi connectivity index (χ0v) is 18.3. The van der Waals surface area contributed by atoms with Crippen LogP contribution in [0.2, 0.25) is 0 Å². The van der Waals surface area contributed by atoms with Crippen LogP contribution >= 0.6 is 0 Å². The van der Waals surface area contributed by atoms with Crippen LogP contribution in [0.15, 0.2) is 47.4 Å². The minimum absolute atomic E-state index is 0.0457. The van der Waals surface area contributed by atoms with Gasteiger partial charge in [0.05, 0.1) is 30.4 Å². The van der Waals surface area contributed by atoms with Gasteiger partial charge in [0, 0.05) is 11.1 Å². The molecule has 6 heteroatoms. The number of hydrogen-bond acceptors (Lipinski definition) is 5. The molecular formula is C23H31NO4S. The predicted molar refractivity (Wildman–Crippen MR) is 115 cm³/mol. The van der Waals surface area contributed by atoms with Crippen molar-refractivity contribution in [2.75, 3.05) is 12.9 Å². The molecule has 2 atom stereocenters. The van der Waals surface area contributed by atoms with Crippen molar-refractivity contribution in [1.82, 2.24) is 5.32 Å². The second-order valence-electron chi connectivity index (χ2n) is 7.84. The Morgan fingerprint density at radius 1 is 1.21 bits per heavy atom. The Hall–Kier alpha value is -1.89. The molecule has 0 saturated carbocycles. The first kappa shape index (κ1) is 21.8. The maximum absolute atomic E-state index is 13.5. The minimum atomic E-state index is -3.56. The van der Waals surface area contributed by atoms with Crippen LogP contribution in [0.5, 0.6) is 5.75 Å². The number of fused-ring (bicyclic) bond motifs is 1. The number of sulfone groups is 1. The van der Waals surface area contributed by atoms with Crippen LogP contribution in [0.1, 0.15) is 62.3 Å². The largest absolute Gasteiger partial charge is 0.496 e. The van der Waals surface area contributed by atoms with E-state index >= 15 is 0 Å². The first-order valence-corrected chi connectivity index (χ1v) is 11.9. The lowest BCUT2D eigenvalue weighted by Gasteiger charge is -2.36. The molecule has 0 aliphatic carbocycles. The molecule has 5 nitrogen and oxygen atoms in total. The summed E-state index contributed by atoms with van der Waals surface area (Å²) >= 11 is 0. The lowest BCUT2D eigenvalue weighted by atomic mass is 9.88. The molecule has 0 saturated heterocycles. The van der Waals surface area contributed by atoms with Gasteiger partial charge in [-0.1, -0.05) is 57.0 Å². The van der Waals surface area contributed by atoms with Gasteiger partial charge in [-0.05, 0) is 36.1 Å². The van der Waals surface area contributed by atoms with E-state index in [0.29, 0.717) is 23.3 Å². The van der Waals surface area contributed by atoms with Crippen LogP contribution in [0.25, 0.3) is 0 Å². The van der Waals surface area contributed by atoms with E-state index < -0.39 is 15.4 Å². The molecule has 0 fully saturated rings. The van der Waals surface area contributed by atoms with Gasteiger partial charge in [-0.25, -0.2) is 8.42 Å². The number of unbranched alkanes of at least 4 members (excludes halogenated alkanes) is 1. The molecule has 3 rings (SSSR count). The van der Waals surface area contributed by atoms with Crippen LogP contribution in [0.4, 0.5) is 0 Å². The van der Waals surface area contributed by atoms with Crippen molar-refractivity contribution < 1.29 is 18.3 Å². The summed E-state index contributed by atoms with van der Waals surface area (Å²) in [5.41, 5.74) is 1.66. The predicted octanol–water partition coefficient (Wildman–Crippen LogP) is 3.99. The fourth-order valence-corrected chi connectivity index (χ4v) is 6.41. The van der Waals surface area contributed by atoms with Crippen molar-refractivity contribution in [1.29, 1.82) is 0 Å². The van der Waals surface area contributed by atoms with Gasteiger partial charge in [0.1, 0.15) is 5.75 Å². The molecule has 29 heavy (non-hydrogen) atoms. The van der Waals surface area contributed by atoms with E-state index in [4.69, 9.17) is 4.74 Å². The zero-order chi connectivity index (χ0) is 21.1. The highest BCUT2D eigenvalue weighted by atomic mass is 32.2. The number of rotatable bonds is 7. The molecule has 0 bridgehead atoms. The van der Waals surface area contributed by atoms with Gasteiger partial charge in [-0.3, -0.25) is 5.32 Å². The van der Waals surface area contributed by atoms with E-state index in [1.807, 2.05) is 30.3 Å². The fourth-order valence-electron chi connectivity index (χ4n) is 4.24. The minimum Gasteiger partial charge on any atom is -0.496 e. The summed E-state index contributed by atoms with van der Waals surface area (Å²) in [6.07, 6.45) is 3.47. The summed E-state index contributed by atoms with van der Waals surface area (Å²) in [5.74, 6) is 0.547. The van der Waals surface area contributed by atoms with Gasteiger partial charge in [-0.2, -0.15) is 0 Å². The van der Waals surface area contributed by atoms with Crippen molar-refractivity contribution in [3.8, 4) is 5.75 Å². The van der Waals surface area contributed by atoms with Crippen molar-refractivity contribution in [2.45, 2.75) is 62.6 Å². The second-order valence-corrected chi connectivity index (χ2v) is 9.80. The monoisotopic (exact) mass is 417 g/mol. The molecule has 0 amide bonds. The molecule has 2 aromatic carbocycles. The topological polar surface area (TPSA) is 75.6 Å². The number of aliphatic hydroxyl groups is 1. The number of aliphatic hydroxyl groups excluding tert-OH is 1. The average molecular weight is 418 g/mol. The van der Waals surface area contributed by atoms with E-state index in [9.17, 15) is 13.5 Å². The van der Waals surface area contributed by atoms with Gasteiger partial charge in [-0.15, -0.1) is 0 Å². The Labute approximate surface area is 174 Å². The molecule has 2 N–H and O–H groups in total. The maximum atomic E-state index is 13.5. The van der Waals surface area contributed by atoms with Crippen LogP contribution in [-0.2, 0) is 16.4 Å². The van der Waals surface area contributed by atoms with Gasteiger partial charge in [0.15, 0.2) is 9.84 Å². The van der Waals surface area contributed by atoms with E-state index in [-0.39, 0.29) is 23.3 Å². The number of nitrogens with one attached hydrogen (secondary N) is 1. The van der Waals surface area contributed by atoms with Gasteiger partial charge in [0.25, 0.3) is 0 Å². The third kappa shape index (κ3) is 4.34. The lowest BCUT2D eigenvalue weighted by Crippen LogP contribution is -2.50. The van der Waals surface area contributed by atoms with Crippen LogP contribution in [-0.4, -0.2) is 31.9 Å². The summed E-state index contributed by atoms with van der Waals surface area (Å²) in [5, 5.41) is 13.5. The fraction of sp³-hybridized carbons (Fsp3) is 0.478. The molecule has 0 unspecified atom stereocenters. The number of methoxy groups -OCH3 is 1. The smallest absolute Gasteiger partial charge is 0.180 e. The second kappa shape index (κ2) is 8.86. The highest BCUT2D eigenvalue weighted by Crippen LogP contribution is 2.40. The van der Waals surface area contributed by atoms with Crippen molar-refractivity contribution >= 4 is 9.84 Å². The standard InChI is InChI=1S/C23H31NO4S/c1-4-6-12-23(5-2)16-29(26,27)21-13-18(15-25)20(28-3)14-19(21)22(24-23)17-10-8-7-9-11-17/h7-11,13-14,22,24-25H,4-6,12,15-16H2,1-3H3/t22-,23-/m1/s1. The van der Waals surface area contributed by atoms with Crippen molar-refractivity contribution in [3.05, 3.63) is 59.2 Å². The SMILES string of the molecule is CCCC[C@]1(CC)CS(=O)(=O)c2cc(CO)c(OC)cc2[C@@H](c2ccccc2)N1. The number of benzene rings is 2. The third-order valence-corrected chi connectivity index (χ3v) is 7.92. The van der Waals surface area contributed by atoms with E-state index in [1.165, 1.54) is 7.11 Å². The highest BCUT2D eigenvalue weighted by Gasteiger charge is 2.42. The van der Waals surface area contributed by atoms with E-state index in [2.05, 4.69) is 19.2 Å². The first-order valence-electron chi connectivity index (χ1n) is 10.3. The van der Waals surface area contributed by atoms with Gasteiger partial charge >= 0.3 is 0 Å². The Kier molecular flexibility index (Phi) is 6.66. The first-order chi connectivity index (χ1) is 13.9. The zero-order valence-electron chi connectivity index (χ0n) is 17.4. The van der Waals surface area contributed by atoms with Crippen LogP contribution in [0.3, 0.4) is 0 Å². The molecule has 158 valence electrons. The summed E-state index contributed by atoms with van der Waals surface area (Å²) in [6.45, 7) is 3.90. The summed E-state index contributed by atoms with van der Waals surface area (Å²) in [6, 6.07) is 13.0. The van der Waals surface area contributed by atoms with Crippen LogP contribution in [0, 0.1) is 0 Å². The maximum Gasteiger partial charge on any atom is 0.180 e. The Morgan fingerprint density at radius 2 is 1.93 bits per heavy atom. The molecule has 1 aliphatic rings. The number of ether oxygens (including phenoxy) is 1. The molecule has 0 spiro atoms. The Balaban J connectivity index is 2.27.